The number of non-ortho nitro benzene ring substituents is 1. The fourth-order valence-electron chi connectivity index (χ4n) is 2.69. The highest BCUT2D eigenvalue weighted by molar-refractivity contribution is 5.97. The summed E-state index contributed by atoms with van der Waals surface area (Å²) in [5.74, 6) is -0.304. The van der Waals surface area contributed by atoms with Gasteiger partial charge in [0.25, 0.3) is 5.69 Å². The first kappa shape index (κ1) is 15.0. The molecule has 1 saturated carbocycles. The minimum Gasteiger partial charge on any atom is -0.324 e. The summed E-state index contributed by atoms with van der Waals surface area (Å²) in [4.78, 5) is 22.7. The highest BCUT2D eigenvalue weighted by atomic mass is 16.6. The van der Waals surface area contributed by atoms with Gasteiger partial charge in [0.05, 0.1) is 11.0 Å². The molecule has 1 fully saturated rings. The Bertz CT molecular complexity index is 613. The molecule has 1 aliphatic carbocycles. The molecule has 1 N–H and O–H groups in total. The summed E-state index contributed by atoms with van der Waals surface area (Å²) in [6, 6.07) is 6.44. The molecule has 0 aliphatic heterocycles. The summed E-state index contributed by atoms with van der Waals surface area (Å²) in [7, 11) is 0. The van der Waals surface area contributed by atoms with Crippen LogP contribution in [0.15, 0.2) is 18.2 Å². The number of hydrogen-bond acceptors (Lipinski definition) is 4. The number of nitro benzene ring substituents is 1. The number of amides is 1. The second-order valence-corrected chi connectivity index (χ2v) is 5.47. The maximum atomic E-state index is 12.4. The molecule has 1 aromatic rings. The van der Waals surface area contributed by atoms with Crippen LogP contribution in [0.3, 0.4) is 0 Å². The average Bonchev–Trinajstić information content (AvgIpc) is 2.49. The summed E-state index contributed by atoms with van der Waals surface area (Å²) in [5.41, 5.74) is 0.150. The number of nitrogens with zero attached hydrogens (tertiary/aromatic N) is 2. The fraction of sp³-hybridized carbons (Fsp3) is 0.467. The van der Waals surface area contributed by atoms with Crippen LogP contribution in [0.25, 0.3) is 0 Å². The zero-order valence-electron chi connectivity index (χ0n) is 11.9. The molecule has 6 nitrogen and oxygen atoms in total. The lowest BCUT2D eigenvalue weighted by molar-refractivity contribution is -0.384. The molecular weight excluding hydrogens is 270 g/mol. The largest absolute Gasteiger partial charge is 0.324 e. The first-order chi connectivity index (χ1) is 9.98. The molecule has 0 spiro atoms. The van der Waals surface area contributed by atoms with Crippen molar-refractivity contribution in [3.63, 3.8) is 0 Å². The maximum Gasteiger partial charge on any atom is 0.269 e. The predicted molar refractivity (Wildman–Crippen MR) is 77.6 cm³/mol. The van der Waals surface area contributed by atoms with Crippen LogP contribution in [0.1, 0.15) is 37.7 Å². The number of nitro groups is 1. The van der Waals surface area contributed by atoms with Gasteiger partial charge >= 0.3 is 0 Å². The van der Waals surface area contributed by atoms with Crippen molar-refractivity contribution in [2.75, 3.05) is 5.32 Å². The van der Waals surface area contributed by atoms with Crippen LogP contribution < -0.4 is 5.32 Å². The number of aryl methyl sites for hydroxylation is 1. The second-order valence-electron chi connectivity index (χ2n) is 5.47. The van der Waals surface area contributed by atoms with E-state index in [1.165, 1.54) is 18.2 Å². The van der Waals surface area contributed by atoms with Gasteiger partial charge in [-0.3, -0.25) is 14.9 Å². The van der Waals surface area contributed by atoms with Gasteiger partial charge in [0.1, 0.15) is 5.41 Å². The number of hydrogen-bond donors (Lipinski definition) is 1. The third-order valence-electron chi connectivity index (χ3n) is 4.02. The van der Waals surface area contributed by atoms with Crippen molar-refractivity contribution < 1.29 is 9.72 Å². The average molecular weight is 287 g/mol. The van der Waals surface area contributed by atoms with Gasteiger partial charge in [0, 0.05) is 17.8 Å². The van der Waals surface area contributed by atoms with Crippen molar-refractivity contribution in [2.24, 2.45) is 5.41 Å². The highest BCUT2D eigenvalue weighted by Gasteiger charge is 2.39. The van der Waals surface area contributed by atoms with Crippen LogP contribution in [0.5, 0.6) is 0 Å². The Labute approximate surface area is 122 Å². The number of carbonyl (C=O) groups excluding carboxylic acids is 1. The first-order valence-corrected chi connectivity index (χ1v) is 6.96. The van der Waals surface area contributed by atoms with E-state index in [4.69, 9.17) is 0 Å². The number of benzene rings is 1. The molecule has 0 saturated heterocycles. The van der Waals surface area contributed by atoms with Gasteiger partial charge in [-0.25, -0.2) is 0 Å². The molecule has 1 aromatic carbocycles. The van der Waals surface area contributed by atoms with E-state index in [0.717, 1.165) is 19.3 Å². The van der Waals surface area contributed by atoms with Gasteiger partial charge < -0.3 is 5.32 Å². The number of carbonyl (C=O) groups is 1. The van der Waals surface area contributed by atoms with Gasteiger partial charge in [-0.2, -0.15) is 5.26 Å². The number of anilines is 1. The Balaban J connectivity index is 2.19. The molecule has 6 heteroatoms. The van der Waals surface area contributed by atoms with Crippen molar-refractivity contribution in [3.8, 4) is 6.07 Å². The Morgan fingerprint density at radius 2 is 2.05 bits per heavy atom. The van der Waals surface area contributed by atoms with Crippen LogP contribution in [0.2, 0.25) is 0 Å². The molecule has 0 heterocycles. The maximum absolute atomic E-state index is 12.4. The van der Waals surface area contributed by atoms with Crippen molar-refractivity contribution in [3.05, 3.63) is 33.9 Å². The van der Waals surface area contributed by atoms with Crippen molar-refractivity contribution in [1.29, 1.82) is 5.26 Å². The molecule has 0 unspecified atom stereocenters. The molecule has 0 aromatic heterocycles. The summed E-state index contributed by atoms with van der Waals surface area (Å²) in [5, 5.41) is 22.8. The summed E-state index contributed by atoms with van der Waals surface area (Å²) in [6.07, 6.45) is 3.94. The van der Waals surface area contributed by atoms with Crippen LogP contribution in [-0.2, 0) is 4.79 Å². The van der Waals surface area contributed by atoms with Crippen LogP contribution in [-0.4, -0.2) is 10.8 Å². The van der Waals surface area contributed by atoms with E-state index in [-0.39, 0.29) is 11.6 Å². The Hall–Kier alpha value is -2.42. The summed E-state index contributed by atoms with van der Waals surface area (Å²) in [6.45, 7) is 1.70. The van der Waals surface area contributed by atoms with Gasteiger partial charge in [-0.1, -0.05) is 19.3 Å². The molecule has 1 amide bonds. The van der Waals surface area contributed by atoms with Crippen molar-refractivity contribution in [2.45, 2.75) is 39.0 Å². The Morgan fingerprint density at radius 1 is 1.38 bits per heavy atom. The SMILES string of the molecule is Cc1cc([N+](=O)[O-])ccc1NC(=O)C1(C#N)CCCCC1. The van der Waals surface area contributed by atoms with E-state index in [1.807, 2.05) is 0 Å². The zero-order valence-corrected chi connectivity index (χ0v) is 11.9. The van der Waals surface area contributed by atoms with E-state index in [1.54, 1.807) is 6.92 Å². The highest BCUT2D eigenvalue weighted by Crippen LogP contribution is 2.37. The lowest BCUT2D eigenvalue weighted by atomic mass is 9.74. The first-order valence-electron chi connectivity index (χ1n) is 6.96. The lowest BCUT2D eigenvalue weighted by Crippen LogP contribution is -2.36. The summed E-state index contributed by atoms with van der Waals surface area (Å²) >= 11 is 0. The fourth-order valence-corrected chi connectivity index (χ4v) is 2.69. The topological polar surface area (TPSA) is 96.0 Å². The van der Waals surface area contributed by atoms with E-state index in [0.29, 0.717) is 24.1 Å². The molecule has 110 valence electrons. The minimum absolute atomic E-state index is 0.0156. The monoisotopic (exact) mass is 287 g/mol. The van der Waals surface area contributed by atoms with E-state index < -0.39 is 10.3 Å². The Kier molecular flexibility index (Phi) is 4.22. The molecule has 0 atom stereocenters. The van der Waals surface area contributed by atoms with Gasteiger partial charge in [0.2, 0.25) is 5.91 Å². The third kappa shape index (κ3) is 3.02. The van der Waals surface area contributed by atoms with E-state index in [9.17, 15) is 20.2 Å². The molecule has 1 aliphatic rings. The quantitative estimate of drug-likeness (QED) is 0.681. The standard InChI is InChI=1S/C15H17N3O3/c1-11-9-12(18(20)21)5-6-13(11)17-14(19)15(10-16)7-3-2-4-8-15/h5-6,9H,2-4,7-8H2,1H3,(H,17,19). The minimum atomic E-state index is -0.966. The predicted octanol–water partition coefficient (Wildman–Crippen LogP) is 3.32. The van der Waals surface area contributed by atoms with E-state index >= 15 is 0 Å². The van der Waals surface area contributed by atoms with Crippen molar-refractivity contribution >= 4 is 17.3 Å². The second kappa shape index (κ2) is 5.92. The summed E-state index contributed by atoms with van der Waals surface area (Å²) < 4.78 is 0. The molecular formula is C15H17N3O3. The number of nitrogens with one attached hydrogen (secondary N) is 1. The van der Waals surface area contributed by atoms with Gasteiger partial charge in [0.15, 0.2) is 0 Å². The number of nitriles is 1. The van der Waals surface area contributed by atoms with Gasteiger partial charge in [-0.05, 0) is 31.4 Å². The normalized spacial score (nSPS) is 16.8. The van der Waals surface area contributed by atoms with Crippen LogP contribution in [0, 0.1) is 33.8 Å². The van der Waals surface area contributed by atoms with E-state index in [2.05, 4.69) is 11.4 Å². The smallest absolute Gasteiger partial charge is 0.269 e. The lowest BCUT2D eigenvalue weighted by Gasteiger charge is -2.29. The zero-order chi connectivity index (χ0) is 15.5. The third-order valence-corrected chi connectivity index (χ3v) is 4.02. The van der Waals surface area contributed by atoms with Gasteiger partial charge in [-0.15, -0.1) is 0 Å². The molecule has 0 radical (unpaired) electrons. The number of rotatable bonds is 3. The molecule has 0 bridgehead atoms. The van der Waals surface area contributed by atoms with Crippen LogP contribution in [0.4, 0.5) is 11.4 Å². The van der Waals surface area contributed by atoms with Crippen LogP contribution >= 0.6 is 0 Å². The van der Waals surface area contributed by atoms with Crippen molar-refractivity contribution in [1.82, 2.24) is 0 Å². The molecule has 2 rings (SSSR count). The molecule has 21 heavy (non-hydrogen) atoms. The Morgan fingerprint density at radius 3 is 2.57 bits per heavy atom.